The van der Waals surface area contributed by atoms with E-state index in [0.717, 1.165) is 13.1 Å². The molecule has 0 bridgehead atoms. The molecular formula is C18H37N3. The van der Waals surface area contributed by atoms with E-state index in [1.807, 2.05) is 40.1 Å². The van der Waals surface area contributed by atoms with Crippen molar-refractivity contribution in [2.45, 2.75) is 60.5 Å². The molecule has 1 aromatic rings. The quantitative estimate of drug-likeness (QED) is 0.822. The van der Waals surface area contributed by atoms with Crippen molar-refractivity contribution in [1.29, 1.82) is 0 Å². The molecule has 0 aromatic carbocycles. The van der Waals surface area contributed by atoms with E-state index in [2.05, 4.69) is 48.9 Å². The van der Waals surface area contributed by atoms with Crippen LogP contribution in [0.5, 0.6) is 0 Å². The van der Waals surface area contributed by atoms with Crippen molar-refractivity contribution in [1.82, 2.24) is 14.8 Å². The molecule has 2 rings (SSSR count). The number of pyridine rings is 1. The second-order valence-electron chi connectivity index (χ2n) is 4.97. The van der Waals surface area contributed by atoms with E-state index in [9.17, 15) is 0 Å². The Balaban J connectivity index is 0. The predicted molar refractivity (Wildman–Crippen MR) is 95.6 cm³/mol. The summed E-state index contributed by atoms with van der Waals surface area (Å²) in [5.74, 6) is 0. The van der Waals surface area contributed by atoms with Crippen LogP contribution in [-0.2, 0) is 13.1 Å². The Hall–Kier alpha value is -0.930. The fourth-order valence-corrected chi connectivity index (χ4v) is 1.86. The van der Waals surface area contributed by atoms with Crippen LogP contribution in [0.4, 0.5) is 0 Å². The maximum Gasteiger partial charge on any atom is 0.0316 e. The molecular weight excluding hydrogens is 258 g/mol. The Labute approximate surface area is 133 Å². The van der Waals surface area contributed by atoms with Crippen LogP contribution in [0.1, 0.15) is 58.6 Å². The zero-order valence-electron chi connectivity index (χ0n) is 15.6. The van der Waals surface area contributed by atoms with Crippen molar-refractivity contribution < 1.29 is 0 Å². The van der Waals surface area contributed by atoms with E-state index in [1.165, 1.54) is 30.5 Å². The third-order valence-electron chi connectivity index (χ3n) is 2.84. The summed E-state index contributed by atoms with van der Waals surface area (Å²) in [6.45, 7) is 13.6. The van der Waals surface area contributed by atoms with Crippen LogP contribution >= 0.6 is 0 Å². The van der Waals surface area contributed by atoms with Gasteiger partial charge in [-0.1, -0.05) is 41.0 Å². The van der Waals surface area contributed by atoms with Gasteiger partial charge in [0.2, 0.25) is 0 Å². The molecule has 0 unspecified atom stereocenters. The van der Waals surface area contributed by atoms with E-state index in [0.29, 0.717) is 0 Å². The minimum atomic E-state index is 1.06. The van der Waals surface area contributed by atoms with Gasteiger partial charge in [-0.25, -0.2) is 0 Å². The highest BCUT2D eigenvalue weighted by molar-refractivity contribution is 5.26. The largest absolute Gasteiger partial charge is 0.309 e. The van der Waals surface area contributed by atoms with Gasteiger partial charge in [-0.05, 0) is 51.3 Å². The number of hydrogen-bond donors (Lipinski definition) is 0. The van der Waals surface area contributed by atoms with Crippen molar-refractivity contribution in [2.24, 2.45) is 0 Å². The average molecular weight is 296 g/mol. The second-order valence-corrected chi connectivity index (χ2v) is 4.97. The molecule has 3 nitrogen and oxygen atoms in total. The van der Waals surface area contributed by atoms with Gasteiger partial charge < -0.3 is 4.90 Å². The molecule has 1 aliphatic rings. The molecule has 1 aliphatic heterocycles. The van der Waals surface area contributed by atoms with E-state index < -0.39 is 0 Å². The summed E-state index contributed by atoms with van der Waals surface area (Å²) < 4.78 is 0. The molecule has 0 saturated heterocycles. The summed E-state index contributed by atoms with van der Waals surface area (Å²) in [6.07, 6.45) is 6.45. The van der Waals surface area contributed by atoms with Gasteiger partial charge in [0.05, 0.1) is 0 Å². The Morgan fingerprint density at radius 3 is 2.10 bits per heavy atom. The van der Waals surface area contributed by atoms with E-state index >= 15 is 0 Å². The van der Waals surface area contributed by atoms with Crippen molar-refractivity contribution in [2.75, 3.05) is 27.7 Å². The molecule has 1 aromatic heterocycles. The molecule has 0 aliphatic carbocycles. The Morgan fingerprint density at radius 1 is 1.10 bits per heavy atom. The molecule has 0 amide bonds. The fourth-order valence-electron chi connectivity index (χ4n) is 1.86. The lowest BCUT2D eigenvalue weighted by atomic mass is 10.2. The van der Waals surface area contributed by atoms with Gasteiger partial charge in [-0.3, -0.25) is 9.88 Å². The van der Waals surface area contributed by atoms with Crippen LogP contribution in [0.25, 0.3) is 0 Å². The van der Waals surface area contributed by atoms with E-state index in [1.54, 1.807) is 0 Å². The SMILES string of the molecule is CC.CC.CCCCN(C)C.CN1Cc2ccncc2C1. The Kier molecular flexibility index (Phi) is 16.5. The Morgan fingerprint density at radius 2 is 1.67 bits per heavy atom. The van der Waals surface area contributed by atoms with Crippen LogP contribution in [-0.4, -0.2) is 42.5 Å². The zero-order chi connectivity index (χ0) is 16.7. The van der Waals surface area contributed by atoms with Crippen LogP contribution in [0, 0.1) is 0 Å². The lowest BCUT2D eigenvalue weighted by molar-refractivity contribution is 0.353. The van der Waals surface area contributed by atoms with Gasteiger partial charge in [-0.2, -0.15) is 0 Å². The van der Waals surface area contributed by atoms with Crippen molar-refractivity contribution in [3.8, 4) is 0 Å². The van der Waals surface area contributed by atoms with Crippen molar-refractivity contribution in [3.05, 3.63) is 29.6 Å². The van der Waals surface area contributed by atoms with Gasteiger partial charge in [0.15, 0.2) is 0 Å². The normalized spacial score (nSPS) is 12.2. The third-order valence-corrected chi connectivity index (χ3v) is 2.84. The summed E-state index contributed by atoms with van der Waals surface area (Å²) in [7, 11) is 6.34. The molecule has 124 valence electrons. The number of unbranched alkanes of at least 4 members (excludes halogenated alkanes) is 1. The van der Waals surface area contributed by atoms with Gasteiger partial charge in [0.1, 0.15) is 0 Å². The van der Waals surface area contributed by atoms with Gasteiger partial charge in [0, 0.05) is 25.5 Å². The first kappa shape index (κ1) is 22.4. The highest BCUT2D eigenvalue weighted by atomic mass is 15.1. The molecule has 0 saturated carbocycles. The number of nitrogens with zero attached hydrogens (tertiary/aromatic N) is 3. The lowest BCUT2D eigenvalue weighted by Gasteiger charge is -2.05. The monoisotopic (exact) mass is 295 g/mol. The first-order valence-electron chi connectivity index (χ1n) is 8.38. The second kappa shape index (κ2) is 15.5. The van der Waals surface area contributed by atoms with E-state index in [4.69, 9.17) is 0 Å². The van der Waals surface area contributed by atoms with Gasteiger partial charge >= 0.3 is 0 Å². The topological polar surface area (TPSA) is 19.4 Å². The molecule has 0 spiro atoms. The standard InChI is InChI=1S/C8H10N2.C6H15N.2C2H6/c1-10-5-7-2-3-9-4-8(7)6-10;1-4-5-6-7(2)3;2*1-2/h2-4H,5-6H2,1H3;4-6H2,1-3H3;2*1-2H3. The molecule has 0 N–H and O–H groups in total. The van der Waals surface area contributed by atoms with Crippen molar-refractivity contribution >= 4 is 0 Å². The molecule has 0 atom stereocenters. The molecule has 3 heteroatoms. The third kappa shape index (κ3) is 11.4. The van der Waals surface area contributed by atoms with Crippen LogP contribution in [0.3, 0.4) is 0 Å². The minimum absolute atomic E-state index is 1.06. The fraction of sp³-hybridized carbons (Fsp3) is 0.722. The van der Waals surface area contributed by atoms with Crippen LogP contribution in [0.2, 0.25) is 0 Å². The first-order chi connectivity index (χ1) is 10.1. The smallest absolute Gasteiger partial charge is 0.0316 e. The predicted octanol–water partition coefficient (Wildman–Crippen LogP) is 4.43. The molecule has 21 heavy (non-hydrogen) atoms. The van der Waals surface area contributed by atoms with E-state index in [-0.39, 0.29) is 0 Å². The highest BCUT2D eigenvalue weighted by Crippen LogP contribution is 2.18. The van der Waals surface area contributed by atoms with Crippen LogP contribution < -0.4 is 0 Å². The first-order valence-corrected chi connectivity index (χ1v) is 8.38. The van der Waals surface area contributed by atoms with Crippen LogP contribution in [0.15, 0.2) is 18.5 Å². The lowest BCUT2D eigenvalue weighted by Crippen LogP contribution is -2.12. The molecule has 2 heterocycles. The minimum Gasteiger partial charge on any atom is -0.309 e. The summed E-state index contributed by atoms with van der Waals surface area (Å²) in [5.41, 5.74) is 2.81. The summed E-state index contributed by atoms with van der Waals surface area (Å²) in [4.78, 5) is 8.56. The molecule has 0 fully saturated rings. The number of fused-ring (bicyclic) bond motifs is 1. The number of aromatic nitrogens is 1. The van der Waals surface area contributed by atoms with Crippen molar-refractivity contribution in [3.63, 3.8) is 0 Å². The maximum atomic E-state index is 4.06. The average Bonchev–Trinajstić information content (AvgIpc) is 2.90. The number of rotatable bonds is 3. The summed E-state index contributed by atoms with van der Waals surface area (Å²) in [5, 5.41) is 0. The Bertz CT molecular complexity index is 299. The zero-order valence-corrected chi connectivity index (χ0v) is 15.6. The summed E-state index contributed by atoms with van der Waals surface area (Å²) in [6, 6.07) is 2.10. The maximum absolute atomic E-state index is 4.06. The van der Waals surface area contributed by atoms with Gasteiger partial charge in [-0.15, -0.1) is 0 Å². The molecule has 0 radical (unpaired) electrons. The highest BCUT2D eigenvalue weighted by Gasteiger charge is 2.13. The van der Waals surface area contributed by atoms with Gasteiger partial charge in [0.25, 0.3) is 0 Å². The summed E-state index contributed by atoms with van der Waals surface area (Å²) >= 11 is 0. The number of hydrogen-bond acceptors (Lipinski definition) is 3.